The number of phenolic OH excluding ortho intramolecular Hbond substituents is 1. The normalized spacial score (nSPS) is 32.2. The molecule has 0 saturated heterocycles. The van der Waals surface area contributed by atoms with Crippen LogP contribution in [0.3, 0.4) is 0 Å². The summed E-state index contributed by atoms with van der Waals surface area (Å²) in [4.78, 5) is 67.9. The van der Waals surface area contributed by atoms with E-state index in [0.717, 1.165) is 0 Å². The number of anilines is 2. The number of nitrogens with zero attached hydrogens (tertiary/aromatic N) is 1. The number of Topliss-reactive ketones (excluding diaryl/α,β-unsaturated/α-hetero) is 3. The second-order valence-electron chi connectivity index (χ2n) is 12.3. The summed E-state index contributed by atoms with van der Waals surface area (Å²) < 4.78 is 0. The number of phenols is 1. The molecule has 4 aliphatic rings. The van der Waals surface area contributed by atoms with Crippen LogP contribution in [-0.4, -0.2) is 87.0 Å². The first-order chi connectivity index (χ1) is 18.4. The summed E-state index contributed by atoms with van der Waals surface area (Å²) >= 11 is 0. The highest BCUT2D eigenvalue weighted by Gasteiger charge is 2.90. The highest BCUT2D eigenvalue weighted by Crippen LogP contribution is 2.73. The standard InChI is InChI=1S/C27H32N4O9/c1-24(2,3)29-9-15(32)30-12-8-13(31(4)5)11-6-10-7-14-26(39)20(35)17(22(28)37)21(36)27(14,40)25(10,23(26)38)19(34)16(11)18(12)33/h8,10,14,29,33,36,39-40H,6-7,9H2,1-5H3,(H2,28,37)(H,30,32). The molecule has 2 amide bonds. The quantitative estimate of drug-likeness (QED) is 0.133. The van der Waals surface area contributed by atoms with Crippen molar-refractivity contribution < 1.29 is 44.4 Å². The van der Waals surface area contributed by atoms with Crippen molar-refractivity contribution in [3.8, 4) is 5.75 Å². The van der Waals surface area contributed by atoms with Crippen molar-refractivity contribution in [3.05, 3.63) is 28.5 Å². The average molecular weight is 557 g/mol. The van der Waals surface area contributed by atoms with Crippen molar-refractivity contribution in [2.45, 2.75) is 50.4 Å². The molecule has 1 aromatic rings. The Balaban J connectivity index is 1.71. The van der Waals surface area contributed by atoms with Gasteiger partial charge < -0.3 is 41.7 Å². The first-order valence-electron chi connectivity index (χ1n) is 12.8. The maximum Gasteiger partial charge on any atom is 0.256 e. The molecule has 0 radical (unpaired) electrons. The molecule has 5 rings (SSSR count). The van der Waals surface area contributed by atoms with Crippen LogP contribution in [0.5, 0.6) is 5.75 Å². The molecule has 0 aliphatic heterocycles. The Bertz CT molecular complexity index is 1470. The van der Waals surface area contributed by atoms with Crippen molar-refractivity contribution in [2.24, 2.45) is 23.0 Å². The summed E-state index contributed by atoms with van der Waals surface area (Å²) in [5, 5.41) is 51.2. The lowest BCUT2D eigenvalue weighted by Gasteiger charge is -2.43. The minimum absolute atomic E-state index is 0.0596. The van der Waals surface area contributed by atoms with E-state index in [9.17, 15) is 44.4 Å². The second kappa shape index (κ2) is 8.12. The molecule has 1 aromatic carbocycles. The monoisotopic (exact) mass is 556 g/mol. The Labute approximate surface area is 229 Å². The topological polar surface area (TPSA) is 220 Å². The summed E-state index contributed by atoms with van der Waals surface area (Å²) in [5.41, 5.74) is -4.44. The van der Waals surface area contributed by atoms with Crippen LogP contribution in [0.25, 0.3) is 0 Å². The minimum atomic E-state index is -2.97. The third-order valence-electron chi connectivity index (χ3n) is 8.82. The van der Waals surface area contributed by atoms with Gasteiger partial charge in [0.2, 0.25) is 11.7 Å². The molecule has 5 unspecified atom stereocenters. The number of aromatic hydroxyl groups is 1. The lowest BCUT2D eigenvalue weighted by atomic mass is 9.58. The number of rotatable bonds is 5. The van der Waals surface area contributed by atoms with E-state index in [-0.39, 0.29) is 30.6 Å². The van der Waals surface area contributed by atoms with Crippen LogP contribution in [0.1, 0.15) is 43.1 Å². The fourth-order valence-corrected chi connectivity index (χ4v) is 7.16. The Morgan fingerprint density at radius 1 is 1.12 bits per heavy atom. The Morgan fingerprint density at radius 2 is 1.75 bits per heavy atom. The zero-order valence-corrected chi connectivity index (χ0v) is 22.7. The number of carbonyl (C=O) groups is 5. The van der Waals surface area contributed by atoms with Gasteiger partial charge in [-0.1, -0.05) is 0 Å². The lowest BCUT2D eigenvalue weighted by molar-refractivity contribution is -0.158. The number of carbonyl (C=O) groups excluding carboxylic acids is 5. The van der Waals surface area contributed by atoms with E-state index in [0.29, 0.717) is 11.3 Å². The molecule has 4 aliphatic carbocycles. The van der Waals surface area contributed by atoms with Gasteiger partial charge in [0.05, 0.1) is 17.8 Å². The maximum absolute atomic E-state index is 14.4. The van der Waals surface area contributed by atoms with Gasteiger partial charge in [0.15, 0.2) is 17.2 Å². The molecule has 214 valence electrons. The first-order valence-corrected chi connectivity index (χ1v) is 12.8. The largest absolute Gasteiger partial charge is 0.508 e. The Hall–Kier alpha value is -3.81. The predicted octanol–water partition coefficient (Wildman–Crippen LogP) is -0.929. The van der Waals surface area contributed by atoms with E-state index in [2.05, 4.69) is 10.6 Å². The van der Waals surface area contributed by atoms with Crippen molar-refractivity contribution in [1.29, 1.82) is 0 Å². The number of nitrogens with one attached hydrogen (secondary N) is 2. The van der Waals surface area contributed by atoms with E-state index in [1.165, 1.54) is 6.07 Å². The van der Waals surface area contributed by atoms with E-state index in [1.54, 1.807) is 19.0 Å². The summed E-state index contributed by atoms with van der Waals surface area (Å²) in [6.07, 6.45) is -0.272. The molecule has 1 spiro atoms. The molecule has 5 atom stereocenters. The fourth-order valence-electron chi connectivity index (χ4n) is 7.16. The fraction of sp³-hybridized carbons (Fsp3) is 0.519. The van der Waals surface area contributed by atoms with Gasteiger partial charge >= 0.3 is 0 Å². The van der Waals surface area contributed by atoms with Crippen LogP contribution in [0, 0.1) is 17.3 Å². The van der Waals surface area contributed by atoms with Gasteiger partial charge in [0.1, 0.15) is 28.1 Å². The number of aliphatic hydroxyl groups is 3. The van der Waals surface area contributed by atoms with Gasteiger partial charge in [-0.15, -0.1) is 0 Å². The lowest BCUT2D eigenvalue weighted by Crippen LogP contribution is -2.60. The molecular formula is C27H32N4O9. The summed E-state index contributed by atoms with van der Waals surface area (Å²) in [5.74, 6) is -10.5. The van der Waals surface area contributed by atoms with Gasteiger partial charge in [-0.3, -0.25) is 24.0 Å². The third-order valence-corrected chi connectivity index (χ3v) is 8.82. The Kier molecular flexibility index (Phi) is 5.63. The van der Waals surface area contributed by atoms with E-state index in [1.807, 2.05) is 20.8 Å². The molecule has 13 nitrogen and oxygen atoms in total. The zero-order valence-electron chi connectivity index (χ0n) is 22.7. The number of fused-ring (bicyclic) bond motifs is 1. The highest BCUT2D eigenvalue weighted by atomic mass is 16.4. The average Bonchev–Trinajstić information content (AvgIpc) is 3.18. The van der Waals surface area contributed by atoms with E-state index >= 15 is 0 Å². The summed E-state index contributed by atoms with van der Waals surface area (Å²) in [6.45, 7) is 5.45. The van der Waals surface area contributed by atoms with Crippen LogP contribution >= 0.6 is 0 Å². The molecule has 0 heterocycles. The van der Waals surface area contributed by atoms with Crippen molar-refractivity contribution in [3.63, 3.8) is 0 Å². The number of ketones is 3. The van der Waals surface area contributed by atoms with Crippen LogP contribution in [0.2, 0.25) is 0 Å². The van der Waals surface area contributed by atoms with Crippen molar-refractivity contribution in [2.75, 3.05) is 30.9 Å². The van der Waals surface area contributed by atoms with E-state index in [4.69, 9.17) is 5.73 Å². The molecule has 2 fully saturated rings. The van der Waals surface area contributed by atoms with Crippen LogP contribution < -0.4 is 21.3 Å². The summed E-state index contributed by atoms with van der Waals surface area (Å²) in [7, 11) is 3.35. The molecule has 4 bridgehead atoms. The summed E-state index contributed by atoms with van der Waals surface area (Å²) in [6, 6.07) is 1.48. The smallest absolute Gasteiger partial charge is 0.256 e. The maximum atomic E-state index is 14.4. The molecular weight excluding hydrogens is 524 g/mol. The molecule has 8 N–H and O–H groups in total. The number of primary amides is 1. The van der Waals surface area contributed by atoms with Gasteiger partial charge in [-0.25, -0.2) is 0 Å². The number of aliphatic hydroxyl groups excluding tert-OH is 1. The van der Waals surface area contributed by atoms with Gasteiger partial charge in [0.25, 0.3) is 5.91 Å². The Morgan fingerprint density at radius 3 is 2.30 bits per heavy atom. The first kappa shape index (κ1) is 27.7. The number of hydrogen-bond donors (Lipinski definition) is 7. The number of hydrogen-bond acceptors (Lipinski definition) is 11. The molecule has 13 heteroatoms. The number of amides is 2. The molecule has 2 saturated carbocycles. The minimum Gasteiger partial charge on any atom is -0.508 e. The molecule has 0 aromatic heterocycles. The number of benzene rings is 1. The second-order valence-corrected chi connectivity index (χ2v) is 12.3. The third kappa shape index (κ3) is 3.05. The molecule has 40 heavy (non-hydrogen) atoms. The SMILES string of the molecule is CN(C)c1cc(NC(=O)CNC(C)(C)C)c(O)c2c1CC1CC3C4(O)C(=O)C(C(N)=O)=C(O)C3(O)C1(C2=O)C4=O. The number of nitrogens with two attached hydrogens (primary N) is 1. The van der Waals surface area contributed by atoms with Gasteiger partial charge in [-0.05, 0) is 51.2 Å². The predicted molar refractivity (Wildman–Crippen MR) is 140 cm³/mol. The van der Waals surface area contributed by atoms with Crippen molar-refractivity contribution in [1.82, 2.24) is 5.32 Å². The van der Waals surface area contributed by atoms with E-state index < -0.39 is 80.3 Å². The van der Waals surface area contributed by atoms with Crippen molar-refractivity contribution >= 4 is 40.5 Å². The highest BCUT2D eigenvalue weighted by molar-refractivity contribution is 6.37. The van der Waals surface area contributed by atoms with Gasteiger partial charge in [0, 0.05) is 31.2 Å². The zero-order chi connectivity index (χ0) is 29.9. The van der Waals surface area contributed by atoms with Crippen LogP contribution in [0.15, 0.2) is 17.4 Å². The van der Waals surface area contributed by atoms with Gasteiger partial charge in [-0.2, -0.15) is 0 Å². The van der Waals surface area contributed by atoms with Crippen LogP contribution in [0.4, 0.5) is 11.4 Å². The van der Waals surface area contributed by atoms with Crippen LogP contribution in [-0.2, 0) is 25.6 Å².